The Hall–Kier alpha value is -2.12. The maximum Gasteiger partial charge on any atom is 0.435 e. The van der Waals surface area contributed by atoms with Gasteiger partial charge in [-0.2, -0.15) is 13.2 Å². The SMILES string of the molecule is Cn1ccnc1CCNc1ccc(C(F)(F)F)nn1. The molecule has 102 valence electrons. The van der Waals surface area contributed by atoms with Crippen molar-refractivity contribution in [3.63, 3.8) is 0 Å². The maximum absolute atomic E-state index is 12.3. The first kappa shape index (κ1) is 13.3. The molecule has 0 spiro atoms. The van der Waals surface area contributed by atoms with Gasteiger partial charge >= 0.3 is 6.18 Å². The van der Waals surface area contributed by atoms with Crippen molar-refractivity contribution >= 4 is 5.82 Å². The van der Waals surface area contributed by atoms with Crippen molar-refractivity contribution in [2.45, 2.75) is 12.6 Å². The van der Waals surface area contributed by atoms with E-state index < -0.39 is 11.9 Å². The average Bonchev–Trinajstić information content (AvgIpc) is 2.75. The van der Waals surface area contributed by atoms with Gasteiger partial charge in [0.1, 0.15) is 11.6 Å². The highest BCUT2D eigenvalue weighted by Crippen LogP contribution is 2.26. The van der Waals surface area contributed by atoms with Crippen LogP contribution >= 0.6 is 0 Å². The molecule has 0 amide bonds. The van der Waals surface area contributed by atoms with Crippen molar-refractivity contribution in [1.29, 1.82) is 0 Å². The molecule has 5 nitrogen and oxygen atoms in total. The van der Waals surface area contributed by atoms with Gasteiger partial charge in [-0.05, 0) is 12.1 Å². The van der Waals surface area contributed by atoms with E-state index in [0.717, 1.165) is 11.9 Å². The summed E-state index contributed by atoms with van der Waals surface area (Å²) in [7, 11) is 1.88. The number of nitrogens with one attached hydrogen (secondary N) is 1. The zero-order valence-corrected chi connectivity index (χ0v) is 10.1. The van der Waals surface area contributed by atoms with Crippen LogP contribution < -0.4 is 5.32 Å². The quantitative estimate of drug-likeness (QED) is 0.922. The van der Waals surface area contributed by atoms with E-state index in [2.05, 4.69) is 20.5 Å². The van der Waals surface area contributed by atoms with E-state index in [4.69, 9.17) is 0 Å². The zero-order chi connectivity index (χ0) is 13.9. The third kappa shape index (κ3) is 3.43. The van der Waals surface area contributed by atoms with Gasteiger partial charge in [-0.3, -0.25) is 0 Å². The van der Waals surface area contributed by atoms with Gasteiger partial charge in [-0.15, -0.1) is 10.2 Å². The Kier molecular flexibility index (Phi) is 3.68. The summed E-state index contributed by atoms with van der Waals surface area (Å²) in [4.78, 5) is 4.13. The van der Waals surface area contributed by atoms with E-state index in [1.54, 1.807) is 6.20 Å². The van der Waals surface area contributed by atoms with Gasteiger partial charge in [0.15, 0.2) is 5.69 Å². The number of rotatable bonds is 4. The van der Waals surface area contributed by atoms with Gasteiger partial charge in [0.05, 0.1) is 0 Å². The molecule has 0 unspecified atom stereocenters. The molecule has 0 aliphatic carbocycles. The van der Waals surface area contributed by atoms with Crippen LogP contribution in [0.4, 0.5) is 19.0 Å². The Labute approximate surface area is 107 Å². The number of anilines is 1. The number of aromatic nitrogens is 4. The predicted molar refractivity (Wildman–Crippen MR) is 62.4 cm³/mol. The number of aryl methyl sites for hydroxylation is 1. The smallest absolute Gasteiger partial charge is 0.368 e. The second-order valence-electron chi connectivity index (χ2n) is 3.93. The van der Waals surface area contributed by atoms with E-state index in [1.165, 1.54) is 6.07 Å². The van der Waals surface area contributed by atoms with Gasteiger partial charge < -0.3 is 9.88 Å². The number of halogens is 3. The molecule has 2 aromatic rings. The molecular weight excluding hydrogens is 259 g/mol. The minimum Gasteiger partial charge on any atom is -0.368 e. The van der Waals surface area contributed by atoms with Crippen LogP contribution in [0.25, 0.3) is 0 Å². The lowest BCUT2D eigenvalue weighted by Gasteiger charge is -2.07. The first-order chi connectivity index (χ1) is 8.97. The van der Waals surface area contributed by atoms with Crippen molar-refractivity contribution < 1.29 is 13.2 Å². The van der Waals surface area contributed by atoms with Crippen LogP contribution in [0.1, 0.15) is 11.5 Å². The fraction of sp³-hybridized carbons (Fsp3) is 0.364. The molecule has 0 aliphatic rings. The summed E-state index contributed by atoms with van der Waals surface area (Å²) >= 11 is 0. The maximum atomic E-state index is 12.3. The average molecular weight is 271 g/mol. The molecule has 2 rings (SSSR count). The van der Waals surface area contributed by atoms with E-state index in [0.29, 0.717) is 18.8 Å². The molecule has 0 aliphatic heterocycles. The topological polar surface area (TPSA) is 55.6 Å². The fourth-order valence-corrected chi connectivity index (χ4v) is 1.52. The lowest BCUT2D eigenvalue weighted by atomic mass is 10.3. The van der Waals surface area contributed by atoms with Crippen molar-refractivity contribution in [2.75, 3.05) is 11.9 Å². The first-order valence-corrected chi connectivity index (χ1v) is 5.58. The van der Waals surface area contributed by atoms with Crippen molar-refractivity contribution in [3.8, 4) is 0 Å². The van der Waals surface area contributed by atoms with E-state index in [1.807, 2.05) is 17.8 Å². The number of alkyl halides is 3. The summed E-state index contributed by atoms with van der Waals surface area (Å²) in [6.45, 7) is 0.519. The Morgan fingerprint density at radius 1 is 1.26 bits per heavy atom. The lowest BCUT2D eigenvalue weighted by Crippen LogP contribution is -2.12. The third-order valence-corrected chi connectivity index (χ3v) is 2.53. The number of imidazole rings is 1. The summed E-state index contributed by atoms with van der Waals surface area (Å²) in [6.07, 6.45) is -0.300. The largest absolute Gasteiger partial charge is 0.435 e. The minimum absolute atomic E-state index is 0.308. The fourth-order valence-electron chi connectivity index (χ4n) is 1.52. The molecule has 0 saturated carbocycles. The third-order valence-electron chi connectivity index (χ3n) is 2.53. The Balaban J connectivity index is 1.89. The Morgan fingerprint density at radius 3 is 2.58 bits per heavy atom. The molecule has 8 heteroatoms. The van der Waals surface area contributed by atoms with Crippen molar-refractivity contribution in [1.82, 2.24) is 19.7 Å². The van der Waals surface area contributed by atoms with Gasteiger partial charge in [0, 0.05) is 32.4 Å². The van der Waals surface area contributed by atoms with Gasteiger partial charge in [-0.25, -0.2) is 4.98 Å². The summed E-state index contributed by atoms with van der Waals surface area (Å²) in [5, 5.41) is 9.50. The standard InChI is InChI=1S/C11H12F3N5/c1-19-7-6-16-10(19)4-5-15-9-3-2-8(17-18-9)11(12,13)14/h2-3,6-7H,4-5H2,1H3,(H,15,18). The van der Waals surface area contributed by atoms with Gasteiger partial charge in [0.2, 0.25) is 0 Å². The molecule has 0 atom stereocenters. The van der Waals surface area contributed by atoms with E-state index >= 15 is 0 Å². The molecule has 2 aromatic heterocycles. The summed E-state index contributed by atoms with van der Waals surface area (Å²) < 4.78 is 38.7. The van der Waals surface area contributed by atoms with Crippen molar-refractivity contribution in [2.24, 2.45) is 7.05 Å². The highest BCUT2D eigenvalue weighted by molar-refractivity contribution is 5.33. The lowest BCUT2D eigenvalue weighted by molar-refractivity contribution is -0.141. The monoisotopic (exact) mass is 271 g/mol. The second-order valence-corrected chi connectivity index (χ2v) is 3.93. The Bertz CT molecular complexity index is 532. The van der Waals surface area contributed by atoms with Crippen LogP contribution in [-0.4, -0.2) is 26.3 Å². The number of nitrogens with zero attached hydrogens (tertiary/aromatic N) is 4. The molecule has 0 saturated heterocycles. The molecule has 19 heavy (non-hydrogen) atoms. The van der Waals surface area contributed by atoms with E-state index in [9.17, 15) is 13.2 Å². The Morgan fingerprint density at radius 2 is 2.05 bits per heavy atom. The molecule has 0 bridgehead atoms. The van der Waals surface area contributed by atoms with Crippen LogP contribution in [0.5, 0.6) is 0 Å². The molecular formula is C11H12F3N5. The molecule has 0 fully saturated rings. The number of hydrogen-bond donors (Lipinski definition) is 1. The van der Waals surface area contributed by atoms with Crippen LogP contribution in [-0.2, 0) is 19.6 Å². The number of hydrogen-bond acceptors (Lipinski definition) is 4. The zero-order valence-electron chi connectivity index (χ0n) is 10.1. The second kappa shape index (κ2) is 5.25. The molecule has 0 radical (unpaired) electrons. The van der Waals surface area contributed by atoms with Gasteiger partial charge in [-0.1, -0.05) is 0 Å². The minimum atomic E-state index is -4.46. The molecule has 2 heterocycles. The molecule has 1 N–H and O–H groups in total. The van der Waals surface area contributed by atoms with Crippen LogP contribution in [0, 0.1) is 0 Å². The summed E-state index contributed by atoms with van der Waals surface area (Å²) in [5.41, 5.74) is -0.998. The van der Waals surface area contributed by atoms with E-state index in [-0.39, 0.29) is 0 Å². The highest BCUT2D eigenvalue weighted by atomic mass is 19.4. The van der Waals surface area contributed by atoms with Crippen LogP contribution in [0.15, 0.2) is 24.5 Å². The summed E-state index contributed by atoms with van der Waals surface area (Å²) in [5.74, 6) is 1.19. The van der Waals surface area contributed by atoms with Crippen LogP contribution in [0.2, 0.25) is 0 Å². The molecule has 0 aromatic carbocycles. The highest BCUT2D eigenvalue weighted by Gasteiger charge is 2.32. The predicted octanol–water partition coefficient (Wildman–Crippen LogP) is 1.88. The van der Waals surface area contributed by atoms with Crippen molar-refractivity contribution in [3.05, 3.63) is 36.0 Å². The first-order valence-electron chi connectivity index (χ1n) is 5.58. The normalized spacial score (nSPS) is 11.6. The van der Waals surface area contributed by atoms with Crippen LogP contribution in [0.3, 0.4) is 0 Å². The summed E-state index contributed by atoms with van der Waals surface area (Å²) in [6, 6.07) is 2.16. The van der Waals surface area contributed by atoms with Gasteiger partial charge in [0.25, 0.3) is 0 Å².